The molecule has 0 radical (unpaired) electrons. The Hall–Kier alpha value is -3.06. The van der Waals surface area contributed by atoms with E-state index in [0.29, 0.717) is 53.0 Å². The highest BCUT2D eigenvalue weighted by molar-refractivity contribution is 5.93. The molecule has 0 saturated heterocycles. The Bertz CT molecular complexity index is 1310. The minimum Gasteiger partial charge on any atom is -0.505 e. The summed E-state index contributed by atoms with van der Waals surface area (Å²) in [6.45, 7) is 2.40. The molecule has 3 heterocycles. The smallest absolute Gasteiger partial charge is 0.257 e. The number of fused-ring (bicyclic) bond motifs is 4. The van der Waals surface area contributed by atoms with Crippen molar-refractivity contribution in [3.63, 3.8) is 0 Å². The van der Waals surface area contributed by atoms with Crippen molar-refractivity contribution >= 4 is 17.2 Å². The molecule has 0 bridgehead atoms. The first-order chi connectivity index (χ1) is 15.0. The SMILES string of the molecule is CCC(C=O)c1cc2n(c(=O)c1COC)Cc1c-2nc2cc(F)c(O)c3c2c1CCC3. The van der Waals surface area contributed by atoms with Gasteiger partial charge in [-0.25, -0.2) is 9.37 Å². The van der Waals surface area contributed by atoms with Crippen LogP contribution in [0.4, 0.5) is 4.39 Å². The van der Waals surface area contributed by atoms with Crippen LogP contribution in [-0.4, -0.2) is 28.1 Å². The molecule has 1 atom stereocenters. The van der Waals surface area contributed by atoms with E-state index in [-0.39, 0.29) is 17.9 Å². The first kappa shape index (κ1) is 19.9. The lowest BCUT2D eigenvalue weighted by Crippen LogP contribution is -2.26. The van der Waals surface area contributed by atoms with E-state index in [4.69, 9.17) is 9.72 Å². The third-order valence-corrected chi connectivity index (χ3v) is 6.66. The predicted octanol–water partition coefficient (Wildman–Crippen LogP) is 3.60. The minimum absolute atomic E-state index is 0.126. The average molecular weight is 422 g/mol. The largest absolute Gasteiger partial charge is 0.505 e. The number of aromatic hydroxyl groups is 1. The lowest BCUT2D eigenvalue weighted by molar-refractivity contribution is -0.109. The number of carbonyl (C=O) groups excluding carboxylic acids is 1. The monoisotopic (exact) mass is 422 g/mol. The van der Waals surface area contributed by atoms with E-state index >= 15 is 0 Å². The van der Waals surface area contributed by atoms with Gasteiger partial charge in [-0.15, -0.1) is 0 Å². The van der Waals surface area contributed by atoms with Crippen LogP contribution in [0.1, 0.15) is 53.5 Å². The van der Waals surface area contributed by atoms with Crippen molar-refractivity contribution < 1.29 is 19.0 Å². The number of benzene rings is 1. The van der Waals surface area contributed by atoms with Crippen molar-refractivity contribution in [3.05, 3.63) is 56.1 Å². The Labute approximate surface area is 178 Å². The molecule has 1 aliphatic heterocycles. The standard InChI is InChI=1S/C24H23FN2O4/c1-3-12(10-28)15-7-20-22-16(9-27(20)24(30)17(15)11-31-2)13-5-4-6-14-21(13)19(26-22)8-18(25)23(14)29/h7-8,10,12,29H,3-6,9,11H2,1-2H3. The van der Waals surface area contributed by atoms with E-state index in [1.165, 1.54) is 13.2 Å². The topological polar surface area (TPSA) is 81.4 Å². The Morgan fingerprint density at radius 1 is 1.29 bits per heavy atom. The Morgan fingerprint density at radius 3 is 2.77 bits per heavy atom. The van der Waals surface area contributed by atoms with E-state index in [2.05, 4.69) is 0 Å². The number of phenols is 1. The van der Waals surface area contributed by atoms with Crippen LogP contribution in [0, 0.1) is 5.82 Å². The summed E-state index contributed by atoms with van der Waals surface area (Å²) in [5.41, 5.74) is 5.32. The molecule has 1 unspecified atom stereocenters. The highest BCUT2D eigenvalue weighted by Gasteiger charge is 2.32. The van der Waals surface area contributed by atoms with Crippen LogP contribution < -0.4 is 5.56 Å². The fraction of sp³-hybridized carbons (Fsp3) is 0.375. The van der Waals surface area contributed by atoms with Crippen molar-refractivity contribution in [3.8, 4) is 17.1 Å². The number of aldehydes is 1. The molecule has 1 aromatic carbocycles. The summed E-state index contributed by atoms with van der Waals surface area (Å²) >= 11 is 0. The van der Waals surface area contributed by atoms with Crippen LogP contribution in [-0.2, 0) is 35.5 Å². The van der Waals surface area contributed by atoms with Crippen molar-refractivity contribution in [2.75, 3.05) is 7.11 Å². The molecule has 31 heavy (non-hydrogen) atoms. The molecular formula is C24H23FN2O4. The van der Waals surface area contributed by atoms with Crippen LogP contribution in [0.2, 0.25) is 0 Å². The number of ether oxygens (including phenoxy) is 1. The van der Waals surface area contributed by atoms with Crippen molar-refractivity contribution in [2.24, 2.45) is 0 Å². The molecule has 1 aliphatic carbocycles. The zero-order valence-electron chi connectivity index (χ0n) is 17.5. The van der Waals surface area contributed by atoms with E-state index < -0.39 is 11.7 Å². The number of phenolic OH excluding ortho intramolecular Hbond substituents is 1. The highest BCUT2D eigenvalue weighted by atomic mass is 19.1. The summed E-state index contributed by atoms with van der Waals surface area (Å²) in [5.74, 6) is -1.39. The first-order valence-corrected chi connectivity index (χ1v) is 10.6. The van der Waals surface area contributed by atoms with Gasteiger partial charge in [0.25, 0.3) is 5.56 Å². The lowest BCUT2D eigenvalue weighted by Gasteiger charge is -2.21. The van der Waals surface area contributed by atoms with Crippen molar-refractivity contribution in [1.82, 2.24) is 9.55 Å². The van der Waals surface area contributed by atoms with Crippen LogP contribution in [0.25, 0.3) is 22.3 Å². The molecule has 160 valence electrons. The quantitative estimate of drug-likeness (QED) is 0.497. The molecule has 0 saturated carbocycles. The molecule has 5 rings (SSSR count). The van der Waals surface area contributed by atoms with Gasteiger partial charge in [-0.2, -0.15) is 0 Å². The maximum absolute atomic E-state index is 14.4. The molecule has 0 amide bonds. The number of hydrogen-bond acceptors (Lipinski definition) is 5. The molecule has 2 aromatic heterocycles. The number of hydrogen-bond donors (Lipinski definition) is 1. The number of aromatic nitrogens is 2. The Kier molecular flexibility index (Phi) is 4.66. The van der Waals surface area contributed by atoms with Gasteiger partial charge in [0.05, 0.1) is 30.1 Å². The van der Waals surface area contributed by atoms with Gasteiger partial charge >= 0.3 is 0 Å². The normalized spacial score (nSPS) is 15.1. The summed E-state index contributed by atoms with van der Waals surface area (Å²) in [6.07, 6.45) is 3.61. The summed E-state index contributed by atoms with van der Waals surface area (Å²) in [4.78, 5) is 29.8. The van der Waals surface area contributed by atoms with E-state index in [1.807, 2.05) is 13.0 Å². The zero-order chi connectivity index (χ0) is 21.9. The first-order valence-electron chi connectivity index (χ1n) is 10.6. The molecule has 0 spiro atoms. The molecule has 7 heteroatoms. The second-order valence-electron chi connectivity index (χ2n) is 8.29. The summed E-state index contributed by atoms with van der Waals surface area (Å²) in [5, 5.41) is 11.1. The number of carbonyl (C=O) groups is 1. The summed E-state index contributed by atoms with van der Waals surface area (Å²) in [6, 6.07) is 3.14. The molecule has 0 fully saturated rings. The number of aryl methyl sites for hydroxylation is 2. The van der Waals surface area contributed by atoms with Crippen LogP contribution in [0.5, 0.6) is 5.75 Å². The van der Waals surface area contributed by atoms with Crippen molar-refractivity contribution in [2.45, 2.75) is 51.7 Å². The Balaban J connectivity index is 1.83. The fourth-order valence-electron chi connectivity index (χ4n) is 5.16. The molecule has 3 aromatic rings. The third-order valence-electron chi connectivity index (χ3n) is 6.66. The lowest BCUT2D eigenvalue weighted by atomic mass is 9.86. The maximum Gasteiger partial charge on any atom is 0.257 e. The number of pyridine rings is 2. The van der Waals surface area contributed by atoms with Gasteiger partial charge in [0.1, 0.15) is 6.29 Å². The van der Waals surface area contributed by atoms with Gasteiger partial charge < -0.3 is 19.2 Å². The van der Waals surface area contributed by atoms with E-state index in [0.717, 1.165) is 35.6 Å². The van der Waals surface area contributed by atoms with Gasteiger partial charge in [0, 0.05) is 41.2 Å². The molecule has 6 nitrogen and oxygen atoms in total. The average Bonchev–Trinajstić information content (AvgIpc) is 3.14. The summed E-state index contributed by atoms with van der Waals surface area (Å²) < 4.78 is 21.3. The van der Waals surface area contributed by atoms with Gasteiger partial charge in [0.2, 0.25) is 0 Å². The fourth-order valence-corrected chi connectivity index (χ4v) is 5.16. The van der Waals surface area contributed by atoms with Gasteiger partial charge in [-0.05, 0) is 42.9 Å². The Morgan fingerprint density at radius 2 is 2.06 bits per heavy atom. The van der Waals surface area contributed by atoms with E-state index in [1.54, 1.807) is 4.57 Å². The number of halogens is 1. The second kappa shape index (κ2) is 7.27. The number of methoxy groups -OCH3 is 1. The van der Waals surface area contributed by atoms with Crippen molar-refractivity contribution in [1.29, 1.82) is 0 Å². The van der Waals surface area contributed by atoms with E-state index in [9.17, 15) is 19.1 Å². The zero-order valence-corrected chi connectivity index (χ0v) is 17.5. The van der Waals surface area contributed by atoms with Crippen LogP contribution in [0.3, 0.4) is 0 Å². The van der Waals surface area contributed by atoms with Crippen LogP contribution in [0.15, 0.2) is 16.9 Å². The maximum atomic E-state index is 14.4. The number of nitrogens with zero attached hydrogens (tertiary/aromatic N) is 2. The van der Waals surface area contributed by atoms with Crippen LogP contribution >= 0.6 is 0 Å². The number of rotatable bonds is 5. The molecule has 2 aliphatic rings. The summed E-state index contributed by atoms with van der Waals surface area (Å²) in [7, 11) is 1.53. The molecule has 1 N–H and O–H groups in total. The van der Waals surface area contributed by atoms with Gasteiger partial charge in [0.15, 0.2) is 11.6 Å². The third kappa shape index (κ3) is 2.76. The molecular weight excluding hydrogens is 399 g/mol. The predicted molar refractivity (Wildman–Crippen MR) is 114 cm³/mol. The van der Waals surface area contributed by atoms with Gasteiger partial charge in [-0.1, -0.05) is 6.92 Å². The van der Waals surface area contributed by atoms with Gasteiger partial charge in [-0.3, -0.25) is 4.79 Å². The minimum atomic E-state index is -0.679. The second-order valence-corrected chi connectivity index (χ2v) is 8.29. The highest BCUT2D eigenvalue weighted by Crippen LogP contribution is 2.43.